The van der Waals surface area contributed by atoms with Crippen molar-refractivity contribution in [3.8, 4) is 0 Å². The van der Waals surface area contributed by atoms with E-state index < -0.39 is 0 Å². The average Bonchev–Trinajstić information content (AvgIpc) is 3.06. The van der Waals surface area contributed by atoms with Gasteiger partial charge in [-0.1, -0.05) is 0 Å². The Hall–Kier alpha value is -0.800. The molecule has 0 spiro atoms. The van der Waals surface area contributed by atoms with Crippen LogP contribution in [-0.4, -0.2) is 23.5 Å². The Labute approximate surface area is 117 Å². The summed E-state index contributed by atoms with van der Waals surface area (Å²) in [5, 5.41) is 3.48. The normalized spacial score (nSPS) is 18.0. The summed E-state index contributed by atoms with van der Waals surface area (Å²) in [5.74, 6) is 1.97. The first-order valence-corrected chi connectivity index (χ1v) is 7.37. The third-order valence-corrected chi connectivity index (χ3v) is 3.94. The SMILES string of the molecule is CC(C1CC1)N(C)Cc1cc(CNC(C)(C)C)co1. The summed E-state index contributed by atoms with van der Waals surface area (Å²) in [6, 6.07) is 2.84. The molecular formula is C16H28N2O. The maximum atomic E-state index is 5.67. The summed E-state index contributed by atoms with van der Waals surface area (Å²) >= 11 is 0. The lowest BCUT2D eigenvalue weighted by molar-refractivity contribution is 0.210. The highest BCUT2D eigenvalue weighted by atomic mass is 16.3. The van der Waals surface area contributed by atoms with E-state index in [1.807, 2.05) is 6.26 Å². The molecule has 19 heavy (non-hydrogen) atoms. The second-order valence-corrected chi connectivity index (χ2v) is 7.02. The maximum absolute atomic E-state index is 5.67. The van der Waals surface area contributed by atoms with Crippen LogP contribution >= 0.6 is 0 Å². The van der Waals surface area contributed by atoms with Gasteiger partial charge in [0.15, 0.2) is 0 Å². The number of hydrogen-bond donors (Lipinski definition) is 1. The second-order valence-electron chi connectivity index (χ2n) is 7.02. The minimum absolute atomic E-state index is 0.148. The molecule has 1 aliphatic carbocycles. The van der Waals surface area contributed by atoms with E-state index >= 15 is 0 Å². The van der Waals surface area contributed by atoms with Crippen molar-refractivity contribution in [1.29, 1.82) is 0 Å². The van der Waals surface area contributed by atoms with Gasteiger partial charge in [0.05, 0.1) is 12.8 Å². The number of rotatable bonds is 6. The fourth-order valence-electron chi connectivity index (χ4n) is 2.30. The van der Waals surface area contributed by atoms with Crippen LogP contribution in [-0.2, 0) is 13.1 Å². The van der Waals surface area contributed by atoms with E-state index in [0.717, 1.165) is 24.8 Å². The van der Waals surface area contributed by atoms with Crippen LogP contribution in [0.2, 0.25) is 0 Å². The third-order valence-electron chi connectivity index (χ3n) is 3.94. The van der Waals surface area contributed by atoms with Crippen LogP contribution in [0.3, 0.4) is 0 Å². The van der Waals surface area contributed by atoms with Gasteiger partial charge in [-0.05, 0) is 59.6 Å². The summed E-state index contributed by atoms with van der Waals surface area (Å²) in [6.45, 7) is 10.6. The van der Waals surface area contributed by atoms with Gasteiger partial charge >= 0.3 is 0 Å². The Bertz CT molecular complexity index is 401. The standard InChI is InChI=1S/C16H28N2O/c1-12(14-6-7-14)18(5)10-15-8-13(11-19-15)9-17-16(2,3)4/h8,11-12,14,17H,6-7,9-10H2,1-5H3. The van der Waals surface area contributed by atoms with Crippen molar-refractivity contribution < 1.29 is 4.42 Å². The Kier molecular flexibility index (Phi) is 4.36. The molecule has 1 saturated carbocycles. The molecule has 2 rings (SSSR count). The smallest absolute Gasteiger partial charge is 0.118 e. The summed E-state index contributed by atoms with van der Waals surface area (Å²) in [6.07, 6.45) is 4.67. The lowest BCUT2D eigenvalue weighted by Gasteiger charge is -2.23. The van der Waals surface area contributed by atoms with Gasteiger partial charge in [0, 0.05) is 23.7 Å². The van der Waals surface area contributed by atoms with Crippen LogP contribution < -0.4 is 5.32 Å². The van der Waals surface area contributed by atoms with E-state index in [0.29, 0.717) is 6.04 Å². The number of furan rings is 1. The number of nitrogens with zero attached hydrogens (tertiary/aromatic N) is 1. The summed E-state index contributed by atoms with van der Waals surface area (Å²) < 4.78 is 5.67. The molecule has 1 unspecified atom stereocenters. The van der Waals surface area contributed by atoms with Crippen LogP contribution in [0.1, 0.15) is 51.9 Å². The van der Waals surface area contributed by atoms with Crippen LogP contribution in [0.15, 0.2) is 16.7 Å². The van der Waals surface area contributed by atoms with Gasteiger partial charge in [-0.15, -0.1) is 0 Å². The highest BCUT2D eigenvalue weighted by Gasteiger charge is 2.30. The monoisotopic (exact) mass is 264 g/mol. The van der Waals surface area contributed by atoms with E-state index in [1.54, 1.807) is 0 Å². The molecule has 3 heteroatoms. The molecule has 108 valence electrons. The molecule has 1 heterocycles. The minimum Gasteiger partial charge on any atom is -0.468 e. The van der Waals surface area contributed by atoms with E-state index in [4.69, 9.17) is 4.42 Å². The first-order chi connectivity index (χ1) is 8.85. The second kappa shape index (κ2) is 5.68. The summed E-state index contributed by atoms with van der Waals surface area (Å²) in [4.78, 5) is 2.40. The van der Waals surface area contributed by atoms with Gasteiger partial charge in [0.1, 0.15) is 5.76 Å². The Balaban J connectivity index is 1.83. The van der Waals surface area contributed by atoms with E-state index in [2.05, 4.69) is 51.0 Å². The largest absolute Gasteiger partial charge is 0.468 e. The quantitative estimate of drug-likeness (QED) is 0.853. The van der Waals surface area contributed by atoms with E-state index in [9.17, 15) is 0 Å². The molecule has 3 nitrogen and oxygen atoms in total. The molecule has 1 N–H and O–H groups in total. The lowest BCUT2D eigenvalue weighted by atomic mass is 10.1. The first-order valence-electron chi connectivity index (χ1n) is 7.37. The van der Waals surface area contributed by atoms with Crippen LogP contribution in [0, 0.1) is 5.92 Å². The predicted molar refractivity (Wildman–Crippen MR) is 79.0 cm³/mol. The van der Waals surface area contributed by atoms with Crippen LogP contribution in [0.4, 0.5) is 0 Å². The van der Waals surface area contributed by atoms with Gasteiger partial charge in [-0.25, -0.2) is 0 Å². The Morgan fingerprint density at radius 1 is 1.42 bits per heavy atom. The molecule has 1 aliphatic rings. The van der Waals surface area contributed by atoms with Gasteiger partial charge in [0.25, 0.3) is 0 Å². The third kappa shape index (κ3) is 4.66. The van der Waals surface area contributed by atoms with Crippen molar-refractivity contribution in [3.63, 3.8) is 0 Å². The zero-order chi connectivity index (χ0) is 14.0. The van der Waals surface area contributed by atoms with Crippen molar-refractivity contribution >= 4 is 0 Å². The lowest BCUT2D eigenvalue weighted by Crippen LogP contribution is -2.34. The molecule has 0 bridgehead atoms. The molecule has 0 aromatic carbocycles. The van der Waals surface area contributed by atoms with Gasteiger partial charge < -0.3 is 9.73 Å². The maximum Gasteiger partial charge on any atom is 0.118 e. The Morgan fingerprint density at radius 2 is 2.11 bits per heavy atom. The molecule has 1 atom stereocenters. The van der Waals surface area contributed by atoms with Crippen molar-refractivity contribution in [3.05, 3.63) is 23.7 Å². The molecule has 0 amide bonds. The molecule has 0 aliphatic heterocycles. The summed E-state index contributed by atoms with van der Waals surface area (Å²) in [7, 11) is 2.19. The van der Waals surface area contributed by atoms with Crippen molar-refractivity contribution in [2.24, 2.45) is 5.92 Å². The van der Waals surface area contributed by atoms with Crippen molar-refractivity contribution in [1.82, 2.24) is 10.2 Å². The molecule has 0 saturated heterocycles. The molecule has 1 aromatic heterocycles. The predicted octanol–water partition coefficient (Wildman–Crippen LogP) is 3.40. The van der Waals surface area contributed by atoms with Gasteiger partial charge in [0.2, 0.25) is 0 Å². The van der Waals surface area contributed by atoms with E-state index in [-0.39, 0.29) is 5.54 Å². The molecule has 1 aromatic rings. The molecular weight excluding hydrogens is 236 g/mol. The average molecular weight is 264 g/mol. The number of hydrogen-bond acceptors (Lipinski definition) is 3. The molecule has 1 fully saturated rings. The zero-order valence-corrected chi connectivity index (χ0v) is 13.0. The first kappa shape index (κ1) is 14.6. The van der Waals surface area contributed by atoms with Gasteiger partial charge in [-0.2, -0.15) is 0 Å². The van der Waals surface area contributed by atoms with E-state index in [1.165, 1.54) is 18.4 Å². The zero-order valence-electron chi connectivity index (χ0n) is 13.0. The summed E-state index contributed by atoms with van der Waals surface area (Å²) in [5.41, 5.74) is 1.38. The fraction of sp³-hybridized carbons (Fsp3) is 0.750. The minimum atomic E-state index is 0.148. The van der Waals surface area contributed by atoms with Gasteiger partial charge in [-0.3, -0.25) is 4.90 Å². The van der Waals surface area contributed by atoms with Crippen molar-refractivity contribution in [2.75, 3.05) is 7.05 Å². The fourth-order valence-corrected chi connectivity index (χ4v) is 2.30. The van der Waals surface area contributed by atoms with Crippen LogP contribution in [0.25, 0.3) is 0 Å². The molecule has 0 radical (unpaired) electrons. The Morgan fingerprint density at radius 3 is 2.68 bits per heavy atom. The van der Waals surface area contributed by atoms with Crippen LogP contribution in [0.5, 0.6) is 0 Å². The van der Waals surface area contributed by atoms with Crippen molar-refractivity contribution in [2.45, 2.75) is 65.2 Å². The highest BCUT2D eigenvalue weighted by molar-refractivity contribution is 5.13. The highest BCUT2D eigenvalue weighted by Crippen LogP contribution is 2.35. The number of nitrogens with one attached hydrogen (secondary N) is 1. The topological polar surface area (TPSA) is 28.4 Å².